The van der Waals surface area contributed by atoms with Crippen molar-refractivity contribution in [3.8, 4) is 17.2 Å². The molecule has 0 radical (unpaired) electrons. The molecular weight excluding hydrogens is 392 g/mol. The summed E-state index contributed by atoms with van der Waals surface area (Å²) in [6.07, 6.45) is 1.02. The van der Waals surface area contributed by atoms with E-state index in [-0.39, 0.29) is 26.2 Å². The van der Waals surface area contributed by atoms with Gasteiger partial charge in [-0.2, -0.15) is 0 Å². The topological polar surface area (TPSA) is 137 Å². The molecule has 3 rings (SSSR count). The van der Waals surface area contributed by atoms with Crippen molar-refractivity contribution >= 4 is 15.7 Å². The van der Waals surface area contributed by atoms with E-state index in [1.54, 1.807) is 24.3 Å². The monoisotopic (exact) mass is 412 g/mol. The van der Waals surface area contributed by atoms with Crippen LogP contribution in [0.15, 0.2) is 28.8 Å². The third-order valence-electron chi connectivity index (χ3n) is 4.59. The van der Waals surface area contributed by atoms with Gasteiger partial charge in [0.05, 0.1) is 5.69 Å². The Hall–Kier alpha value is -2.79. The number of sulfone groups is 1. The number of nitrogens with zero attached hydrogens (tertiary/aromatic N) is 1. The normalized spacial score (nSPS) is 15.1. The smallest absolute Gasteiger partial charge is 0.264 e. The number of carbonyl (C=O) groups is 1. The molecule has 2 heterocycles. The highest BCUT2D eigenvalue weighted by atomic mass is 32.2. The van der Waals surface area contributed by atoms with Crippen LogP contribution in [0, 0.1) is 0 Å². The Kier molecular flexibility index (Phi) is 5.47. The number of ether oxygens (including phenoxy) is 3. The van der Waals surface area contributed by atoms with Crippen molar-refractivity contribution in [2.45, 2.75) is 31.1 Å². The van der Waals surface area contributed by atoms with Crippen LogP contribution in [0.3, 0.4) is 0 Å². The lowest BCUT2D eigenvalue weighted by Crippen LogP contribution is -2.49. The first-order chi connectivity index (χ1) is 13.2. The number of rotatable bonds is 8. The van der Waals surface area contributed by atoms with E-state index in [0.29, 0.717) is 28.7 Å². The van der Waals surface area contributed by atoms with Gasteiger partial charge in [0.25, 0.3) is 5.91 Å². The Morgan fingerprint density at radius 3 is 2.79 bits per heavy atom. The maximum Gasteiger partial charge on any atom is 0.264 e. The molecule has 2 N–H and O–H groups in total. The van der Waals surface area contributed by atoms with Crippen LogP contribution in [-0.4, -0.2) is 42.5 Å². The number of nitrogens with one attached hydrogen (secondary N) is 1. The summed E-state index contributed by atoms with van der Waals surface area (Å²) in [5.41, 5.74) is 1.87. The zero-order valence-corrected chi connectivity index (χ0v) is 16.1. The second kappa shape index (κ2) is 7.68. The Morgan fingerprint density at radius 1 is 1.32 bits per heavy atom. The molecular formula is C17H20N2O8S. The van der Waals surface area contributed by atoms with Crippen molar-refractivity contribution in [3.63, 3.8) is 0 Å². The molecule has 0 spiro atoms. The summed E-state index contributed by atoms with van der Waals surface area (Å²) in [6, 6.07) is 6.79. The molecule has 1 atom stereocenters. The molecule has 0 bridgehead atoms. The van der Waals surface area contributed by atoms with E-state index in [1.807, 2.05) is 0 Å². The van der Waals surface area contributed by atoms with E-state index in [1.165, 1.54) is 12.4 Å². The van der Waals surface area contributed by atoms with Gasteiger partial charge in [-0.15, -0.1) is 0 Å². The van der Waals surface area contributed by atoms with Crippen LogP contribution in [0.5, 0.6) is 17.2 Å². The Bertz CT molecular complexity index is 971. The maximum absolute atomic E-state index is 12.0. The summed E-state index contributed by atoms with van der Waals surface area (Å²) in [6.45, 7) is 1.52. The molecule has 11 heteroatoms. The first-order valence-corrected chi connectivity index (χ1v) is 10.2. The molecule has 1 aromatic heterocycles. The zero-order chi connectivity index (χ0) is 20.4. The molecule has 0 saturated carbocycles. The number of amides is 1. The van der Waals surface area contributed by atoms with Gasteiger partial charge in [-0.25, -0.2) is 13.9 Å². The second-order valence-electron chi connectivity index (χ2n) is 6.53. The van der Waals surface area contributed by atoms with Crippen molar-refractivity contribution in [1.82, 2.24) is 10.6 Å². The fourth-order valence-corrected chi connectivity index (χ4v) is 3.47. The molecule has 1 aliphatic heterocycles. The van der Waals surface area contributed by atoms with Crippen LogP contribution < -0.4 is 19.7 Å². The number of benzene rings is 1. The van der Waals surface area contributed by atoms with Gasteiger partial charge >= 0.3 is 0 Å². The summed E-state index contributed by atoms with van der Waals surface area (Å²) in [7, 11) is -3.77. The van der Waals surface area contributed by atoms with Crippen LogP contribution in [-0.2, 0) is 27.7 Å². The van der Waals surface area contributed by atoms with E-state index >= 15 is 0 Å². The zero-order valence-electron chi connectivity index (χ0n) is 15.3. The Labute approximate surface area is 161 Å². The van der Waals surface area contributed by atoms with Crippen LogP contribution in [0.4, 0.5) is 0 Å². The van der Waals surface area contributed by atoms with Gasteiger partial charge < -0.3 is 18.7 Å². The Morgan fingerprint density at radius 2 is 2.07 bits per heavy atom. The van der Waals surface area contributed by atoms with E-state index in [0.717, 1.165) is 6.26 Å². The summed E-state index contributed by atoms with van der Waals surface area (Å²) >= 11 is 0. The standard InChI is InChI=1S/C17H20N2O8S/c1-17(16(20)18-21,28(2,22)23)6-5-11-7-13(27-19-11)9-24-12-3-4-14-15(8-12)26-10-25-14/h3-4,7-8,21H,5-6,9-10H2,1-2H3,(H,18,20). The fourth-order valence-electron chi connectivity index (χ4n) is 2.61. The number of hydrogen-bond donors (Lipinski definition) is 2. The quantitative estimate of drug-likeness (QED) is 0.484. The van der Waals surface area contributed by atoms with E-state index in [9.17, 15) is 13.2 Å². The lowest BCUT2D eigenvalue weighted by Gasteiger charge is -2.24. The number of hydrogen-bond acceptors (Lipinski definition) is 9. The lowest BCUT2D eigenvalue weighted by atomic mass is 10.0. The molecule has 1 amide bonds. The predicted molar refractivity (Wildman–Crippen MR) is 94.9 cm³/mol. The van der Waals surface area contributed by atoms with Gasteiger partial charge in [-0.05, 0) is 31.9 Å². The molecule has 0 saturated heterocycles. The molecule has 0 fully saturated rings. The van der Waals surface area contributed by atoms with Crippen LogP contribution in [0.1, 0.15) is 24.8 Å². The lowest BCUT2D eigenvalue weighted by molar-refractivity contribution is -0.131. The average Bonchev–Trinajstić information content (AvgIpc) is 3.31. The van der Waals surface area contributed by atoms with Crippen molar-refractivity contribution in [2.75, 3.05) is 13.0 Å². The van der Waals surface area contributed by atoms with Crippen LogP contribution >= 0.6 is 0 Å². The van der Waals surface area contributed by atoms with Gasteiger partial charge in [0.1, 0.15) is 17.1 Å². The summed E-state index contributed by atoms with van der Waals surface area (Å²) < 4.78 is 43.5. The molecule has 2 aromatic rings. The third-order valence-corrected chi connectivity index (χ3v) is 6.62. The minimum atomic E-state index is -3.77. The fraction of sp³-hybridized carbons (Fsp3) is 0.412. The minimum Gasteiger partial charge on any atom is -0.485 e. The van der Waals surface area contributed by atoms with E-state index in [2.05, 4.69) is 5.16 Å². The average molecular weight is 412 g/mol. The van der Waals surface area contributed by atoms with E-state index in [4.69, 9.17) is 23.9 Å². The van der Waals surface area contributed by atoms with Crippen molar-refractivity contribution in [2.24, 2.45) is 0 Å². The van der Waals surface area contributed by atoms with Gasteiger partial charge in [0, 0.05) is 18.4 Å². The number of carbonyl (C=O) groups excluding carboxylic acids is 1. The van der Waals surface area contributed by atoms with Gasteiger partial charge in [-0.3, -0.25) is 10.0 Å². The van der Waals surface area contributed by atoms with Crippen LogP contribution in [0.2, 0.25) is 0 Å². The molecule has 10 nitrogen and oxygen atoms in total. The number of hydroxylamine groups is 1. The third kappa shape index (κ3) is 4.04. The van der Waals surface area contributed by atoms with Crippen molar-refractivity contribution in [1.29, 1.82) is 0 Å². The SMILES string of the molecule is CC(CCc1cc(COc2ccc3c(c2)OCO3)on1)(C(=O)NO)S(C)(=O)=O. The second-order valence-corrected chi connectivity index (χ2v) is 8.98. The largest absolute Gasteiger partial charge is 0.485 e. The van der Waals surface area contributed by atoms with Gasteiger partial charge in [0.2, 0.25) is 6.79 Å². The maximum atomic E-state index is 12.0. The van der Waals surface area contributed by atoms with Gasteiger partial charge in [0.15, 0.2) is 27.1 Å². The predicted octanol–water partition coefficient (Wildman–Crippen LogP) is 1.22. The number of fused-ring (bicyclic) bond motifs is 1. The van der Waals surface area contributed by atoms with Gasteiger partial charge in [-0.1, -0.05) is 5.16 Å². The molecule has 1 aromatic carbocycles. The number of aryl methyl sites for hydroxylation is 1. The highest BCUT2D eigenvalue weighted by Gasteiger charge is 2.43. The first kappa shape index (κ1) is 20.0. The number of aromatic nitrogens is 1. The summed E-state index contributed by atoms with van der Waals surface area (Å²) in [4.78, 5) is 11.8. The minimum absolute atomic E-state index is 0.0762. The van der Waals surface area contributed by atoms with Crippen molar-refractivity contribution in [3.05, 3.63) is 35.7 Å². The summed E-state index contributed by atoms with van der Waals surface area (Å²) in [5.74, 6) is 1.24. The highest BCUT2D eigenvalue weighted by molar-refractivity contribution is 7.92. The molecule has 0 aliphatic carbocycles. The Balaban J connectivity index is 1.60. The molecule has 1 unspecified atom stereocenters. The molecule has 28 heavy (non-hydrogen) atoms. The first-order valence-electron chi connectivity index (χ1n) is 8.34. The van der Waals surface area contributed by atoms with Crippen molar-refractivity contribution < 1.29 is 37.2 Å². The van der Waals surface area contributed by atoms with Crippen LogP contribution in [0.25, 0.3) is 0 Å². The van der Waals surface area contributed by atoms with E-state index < -0.39 is 20.5 Å². The summed E-state index contributed by atoms with van der Waals surface area (Å²) in [5, 5.41) is 12.7. The highest BCUT2D eigenvalue weighted by Crippen LogP contribution is 2.35. The molecule has 1 aliphatic rings. The molecule has 152 valence electrons.